The third kappa shape index (κ3) is 3.90. The second-order valence-electron chi connectivity index (χ2n) is 5.97. The lowest BCUT2D eigenvalue weighted by Crippen LogP contribution is -2.22. The van der Waals surface area contributed by atoms with Gasteiger partial charge in [-0.25, -0.2) is 4.98 Å². The molecule has 3 aromatic rings. The lowest BCUT2D eigenvalue weighted by Gasteiger charge is -2.08. The SMILES string of the molecule is Cc1cccc(CNC(=O)c2ccc(Cn3ccnc3C)cc2)c1. The van der Waals surface area contributed by atoms with Crippen molar-refractivity contribution in [2.45, 2.75) is 26.9 Å². The smallest absolute Gasteiger partial charge is 0.251 e. The highest BCUT2D eigenvalue weighted by atomic mass is 16.1. The van der Waals surface area contributed by atoms with E-state index < -0.39 is 0 Å². The van der Waals surface area contributed by atoms with Gasteiger partial charge in [-0.15, -0.1) is 0 Å². The first-order valence-electron chi connectivity index (χ1n) is 8.02. The van der Waals surface area contributed by atoms with Crippen molar-refractivity contribution in [3.63, 3.8) is 0 Å². The normalized spacial score (nSPS) is 10.6. The monoisotopic (exact) mass is 319 g/mol. The number of hydrogen-bond acceptors (Lipinski definition) is 2. The standard InChI is InChI=1S/C20H21N3O/c1-15-4-3-5-18(12-15)13-22-20(24)19-8-6-17(7-9-19)14-23-11-10-21-16(23)2/h3-12H,13-14H2,1-2H3,(H,22,24). The van der Waals surface area contributed by atoms with Gasteiger partial charge in [0.2, 0.25) is 0 Å². The zero-order valence-corrected chi connectivity index (χ0v) is 14.0. The number of nitrogens with one attached hydrogen (secondary N) is 1. The van der Waals surface area contributed by atoms with E-state index in [4.69, 9.17) is 0 Å². The molecule has 0 spiro atoms. The number of aromatic nitrogens is 2. The van der Waals surface area contributed by atoms with E-state index in [0.717, 1.165) is 23.5 Å². The minimum Gasteiger partial charge on any atom is -0.348 e. The summed E-state index contributed by atoms with van der Waals surface area (Å²) in [5.41, 5.74) is 4.12. The molecule has 0 fully saturated rings. The summed E-state index contributed by atoms with van der Waals surface area (Å²) in [7, 11) is 0. The van der Waals surface area contributed by atoms with Crippen LogP contribution in [0.15, 0.2) is 60.9 Å². The Hall–Kier alpha value is -2.88. The fraction of sp³-hybridized carbons (Fsp3) is 0.200. The largest absolute Gasteiger partial charge is 0.348 e. The summed E-state index contributed by atoms with van der Waals surface area (Å²) in [6.07, 6.45) is 3.75. The van der Waals surface area contributed by atoms with Gasteiger partial charge < -0.3 is 9.88 Å². The van der Waals surface area contributed by atoms with Crippen LogP contribution in [0.25, 0.3) is 0 Å². The van der Waals surface area contributed by atoms with Gasteiger partial charge in [0.25, 0.3) is 5.91 Å². The van der Waals surface area contributed by atoms with Crippen LogP contribution < -0.4 is 5.32 Å². The molecule has 0 bridgehead atoms. The van der Waals surface area contributed by atoms with Crippen molar-refractivity contribution in [1.82, 2.24) is 14.9 Å². The van der Waals surface area contributed by atoms with Crippen LogP contribution in [-0.2, 0) is 13.1 Å². The lowest BCUT2D eigenvalue weighted by atomic mass is 10.1. The van der Waals surface area contributed by atoms with Crippen molar-refractivity contribution in [2.24, 2.45) is 0 Å². The Morgan fingerprint density at radius 2 is 1.88 bits per heavy atom. The van der Waals surface area contributed by atoms with Crippen LogP contribution in [-0.4, -0.2) is 15.5 Å². The zero-order valence-electron chi connectivity index (χ0n) is 14.0. The van der Waals surface area contributed by atoms with Gasteiger partial charge in [-0.05, 0) is 37.1 Å². The number of rotatable bonds is 5. The Labute approximate surface area is 142 Å². The first-order chi connectivity index (χ1) is 11.6. The number of amides is 1. The maximum Gasteiger partial charge on any atom is 0.251 e. The number of carbonyl (C=O) groups is 1. The molecule has 0 aliphatic rings. The Balaban J connectivity index is 1.60. The Morgan fingerprint density at radius 3 is 2.54 bits per heavy atom. The minimum absolute atomic E-state index is 0.0538. The fourth-order valence-electron chi connectivity index (χ4n) is 2.64. The molecule has 0 aliphatic heterocycles. The molecule has 0 saturated heterocycles. The van der Waals surface area contributed by atoms with Crippen LogP contribution in [0, 0.1) is 13.8 Å². The molecule has 1 N–H and O–H groups in total. The highest BCUT2D eigenvalue weighted by molar-refractivity contribution is 5.94. The van der Waals surface area contributed by atoms with E-state index in [-0.39, 0.29) is 5.91 Å². The molecule has 1 amide bonds. The average Bonchev–Trinajstić information content (AvgIpc) is 2.98. The zero-order chi connectivity index (χ0) is 16.9. The van der Waals surface area contributed by atoms with Gasteiger partial charge >= 0.3 is 0 Å². The van der Waals surface area contributed by atoms with Crippen molar-refractivity contribution in [3.8, 4) is 0 Å². The second kappa shape index (κ2) is 7.13. The molecular formula is C20H21N3O. The van der Waals surface area contributed by atoms with Gasteiger partial charge in [0.1, 0.15) is 5.82 Å². The predicted molar refractivity (Wildman–Crippen MR) is 94.9 cm³/mol. The number of benzene rings is 2. The van der Waals surface area contributed by atoms with Crippen LogP contribution in [0.4, 0.5) is 0 Å². The number of nitrogens with zero attached hydrogens (tertiary/aromatic N) is 2. The summed E-state index contributed by atoms with van der Waals surface area (Å²) in [4.78, 5) is 16.5. The van der Waals surface area contributed by atoms with Gasteiger partial charge in [-0.2, -0.15) is 0 Å². The third-order valence-electron chi connectivity index (χ3n) is 4.03. The number of aryl methyl sites for hydroxylation is 2. The molecule has 0 aliphatic carbocycles. The molecule has 24 heavy (non-hydrogen) atoms. The molecule has 4 heteroatoms. The molecule has 1 heterocycles. The van der Waals surface area contributed by atoms with Crippen LogP contribution in [0.1, 0.15) is 32.9 Å². The van der Waals surface area contributed by atoms with Crippen molar-refractivity contribution < 1.29 is 4.79 Å². The predicted octanol–water partition coefficient (Wildman–Crippen LogP) is 3.48. The number of hydrogen-bond donors (Lipinski definition) is 1. The maximum absolute atomic E-state index is 12.3. The Kier molecular flexibility index (Phi) is 4.75. The first kappa shape index (κ1) is 16.0. The second-order valence-corrected chi connectivity index (χ2v) is 5.97. The molecule has 4 nitrogen and oxygen atoms in total. The highest BCUT2D eigenvalue weighted by Gasteiger charge is 2.06. The molecule has 3 rings (SSSR count). The molecule has 2 aromatic carbocycles. The molecule has 1 aromatic heterocycles. The molecular weight excluding hydrogens is 298 g/mol. The number of imidazole rings is 1. The summed E-state index contributed by atoms with van der Waals surface area (Å²) in [5.74, 6) is 0.928. The third-order valence-corrected chi connectivity index (χ3v) is 4.03. The van der Waals surface area contributed by atoms with E-state index in [0.29, 0.717) is 12.1 Å². The van der Waals surface area contributed by atoms with E-state index in [9.17, 15) is 4.79 Å². The molecule has 0 unspecified atom stereocenters. The molecule has 122 valence electrons. The van der Waals surface area contributed by atoms with Crippen LogP contribution in [0.5, 0.6) is 0 Å². The van der Waals surface area contributed by atoms with Crippen LogP contribution in [0.3, 0.4) is 0 Å². The van der Waals surface area contributed by atoms with Gasteiger partial charge in [-0.1, -0.05) is 42.0 Å². The first-order valence-corrected chi connectivity index (χ1v) is 8.02. The fourth-order valence-corrected chi connectivity index (χ4v) is 2.64. The van der Waals surface area contributed by atoms with Gasteiger partial charge in [-0.3, -0.25) is 4.79 Å². The van der Waals surface area contributed by atoms with Gasteiger partial charge in [0.15, 0.2) is 0 Å². The minimum atomic E-state index is -0.0538. The van der Waals surface area contributed by atoms with Crippen LogP contribution in [0.2, 0.25) is 0 Å². The van der Waals surface area contributed by atoms with Crippen molar-refractivity contribution >= 4 is 5.91 Å². The highest BCUT2D eigenvalue weighted by Crippen LogP contribution is 2.09. The Bertz CT molecular complexity index is 834. The van der Waals surface area contributed by atoms with Crippen molar-refractivity contribution in [3.05, 3.63) is 89.0 Å². The van der Waals surface area contributed by atoms with Gasteiger partial charge in [0.05, 0.1) is 0 Å². The lowest BCUT2D eigenvalue weighted by molar-refractivity contribution is 0.0951. The number of carbonyl (C=O) groups excluding carboxylic acids is 1. The van der Waals surface area contributed by atoms with Crippen molar-refractivity contribution in [1.29, 1.82) is 0 Å². The maximum atomic E-state index is 12.3. The van der Waals surface area contributed by atoms with Crippen LogP contribution >= 0.6 is 0 Å². The van der Waals surface area contributed by atoms with E-state index in [1.807, 2.05) is 62.5 Å². The molecule has 0 saturated carbocycles. The Morgan fingerprint density at radius 1 is 1.08 bits per heavy atom. The summed E-state index contributed by atoms with van der Waals surface area (Å²) < 4.78 is 2.08. The van der Waals surface area contributed by atoms with E-state index >= 15 is 0 Å². The average molecular weight is 319 g/mol. The van der Waals surface area contributed by atoms with E-state index in [2.05, 4.69) is 20.9 Å². The van der Waals surface area contributed by atoms with E-state index in [1.165, 1.54) is 5.56 Å². The topological polar surface area (TPSA) is 46.9 Å². The summed E-state index contributed by atoms with van der Waals surface area (Å²) in [6, 6.07) is 15.9. The quantitative estimate of drug-likeness (QED) is 0.782. The van der Waals surface area contributed by atoms with E-state index in [1.54, 1.807) is 6.20 Å². The molecule has 0 radical (unpaired) electrons. The summed E-state index contributed by atoms with van der Waals surface area (Å²) >= 11 is 0. The van der Waals surface area contributed by atoms with Gasteiger partial charge in [0, 0.05) is 31.0 Å². The summed E-state index contributed by atoms with van der Waals surface area (Å²) in [6.45, 7) is 5.33. The van der Waals surface area contributed by atoms with Crippen molar-refractivity contribution in [2.75, 3.05) is 0 Å². The summed E-state index contributed by atoms with van der Waals surface area (Å²) in [5, 5.41) is 2.96. The molecule has 0 atom stereocenters.